The van der Waals surface area contributed by atoms with E-state index in [0.717, 1.165) is 36.1 Å². The van der Waals surface area contributed by atoms with Gasteiger partial charge in [-0.1, -0.05) is 0 Å². The van der Waals surface area contributed by atoms with Crippen molar-refractivity contribution in [2.75, 3.05) is 24.5 Å². The molecule has 9 heteroatoms. The molecule has 0 atom stereocenters. The van der Waals surface area contributed by atoms with Crippen molar-refractivity contribution >= 4 is 32.3 Å². The first-order valence-corrected chi connectivity index (χ1v) is 11.5. The van der Waals surface area contributed by atoms with Crippen LogP contribution in [0.4, 0.5) is 5.00 Å². The predicted molar refractivity (Wildman–Crippen MR) is 105 cm³/mol. The first-order valence-electron chi connectivity index (χ1n) is 9.23. The Labute approximate surface area is 167 Å². The van der Waals surface area contributed by atoms with Gasteiger partial charge in [0.1, 0.15) is 18.2 Å². The van der Waals surface area contributed by atoms with Crippen molar-refractivity contribution in [3.05, 3.63) is 34.2 Å². The van der Waals surface area contributed by atoms with Gasteiger partial charge in [-0.05, 0) is 50.3 Å². The summed E-state index contributed by atoms with van der Waals surface area (Å²) in [6, 6.07) is 4.48. The minimum absolute atomic E-state index is 0.0536. The fourth-order valence-electron chi connectivity index (χ4n) is 3.43. The molecule has 7 nitrogen and oxygen atoms in total. The van der Waals surface area contributed by atoms with E-state index in [0.29, 0.717) is 35.3 Å². The van der Waals surface area contributed by atoms with Crippen LogP contribution in [0.15, 0.2) is 23.1 Å². The zero-order valence-electron chi connectivity index (χ0n) is 15.4. The van der Waals surface area contributed by atoms with E-state index in [4.69, 9.17) is 14.2 Å². The van der Waals surface area contributed by atoms with Crippen molar-refractivity contribution in [2.45, 2.75) is 37.5 Å². The number of rotatable bonds is 5. The third kappa shape index (κ3) is 3.56. The molecule has 2 aromatic rings. The fraction of sp³-hybridized carbons (Fsp3) is 0.421. The van der Waals surface area contributed by atoms with Gasteiger partial charge in [-0.15, -0.1) is 11.3 Å². The Morgan fingerprint density at radius 1 is 1.18 bits per heavy atom. The van der Waals surface area contributed by atoms with Crippen molar-refractivity contribution in [3.63, 3.8) is 0 Å². The number of esters is 1. The predicted octanol–water partition coefficient (Wildman–Crippen LogP) is 3.38. The van der Waals surface area contributed by atoms with Crippen LogP contribution in [0.2, 0.25) is 0 Å². The molecular weight excluding hydrogens is 402 g/mol. The van der Waals surface area contributed by atoms with E-state index >= 15 is 0 Å². The summed E-state index contributed by atoms with van der Waals surface area (Å²) >= 11 is 1.32. The highest BCUT2D eigenvalue weighted by Crippen LogP contribution is 2.40. The third-order valence-corrected chi connectivity index (χ3v) is 7.39. The van der Waals surface area contributed by atoms with Crippen LogP contribution < -0.4 is 14.2 Å². The molecule has 0 amide bonds. The lowest BCUT2D eigenvalue weighted by Gasteiger charge is -2.19. The average molecular weight is 424 g/mol. The van der Waals surface area contributed by atoms with Gasteiger partial charge in [-0.25, -0.2) is 13.2 Å². The Morgan fingerprint density at radius 2 is 1.93 bits per heavy atom. The van der Waals surface area contributed by atoms with Gasteiger partial charge < -0.3 is 14.2 Å². The van der Waals surface area contributed by atoms with Crippen molar-refractivity contribution in [3.8, 4) is 11.5 Å². The number of fused-ring (bicyclic) bond motifs is 2. The number of ether oxygens (including phenoxy) is 3. The molecule has 0 bridgehead atoms. The van der Waals surface area contributed by atoms with Gasteiger partial charge in [-0.3, -0.25) is 4.72 Å². The van der Waals surface area contributed by atoms with Crippen LogP contribution >= 0.6 is 11.3 Å². The minimum atomic E-state index is -3.90. The molecule has 1 aromatic heterocycles. The van der Waals surface area contributed by atoms with E-state index < -0.39 is 16.0 Å². The Kier molecular flexibility index (Phi) is 5.20. The summed E-state index contributed by atoms with van der Waals surface area (Å²) in [6.07, 6.45) is 3.61. The molecular formula is C19H21NO6S2. The molecule has 2 heterocycles. The number of hydrogen-bond acceptors (Lipinski definition) is 7. The number of hydrogen-bond donors (Lipinski definition) is 1. The second-order valence-corrected chi connectivity index (χ2v) is 9.33. The van der Waals surface area contributed by atoms with E-state index in [-0.39, 0.29) is 11.5 Å². The largest absolute Gasteiger partial charge is 0.486 e. The van der Waals surface area contributed by atoms with Gasteiger partial charge in [0.15, 0.2) is 11.5 Å². The summed E-state index contributed by atoms with van der Waals surface area (Å²) in [5.74, 6) is 0.427. The van der Waals surface area contributed by atoms with Gasteiger partial charge in [0, 0.05) is 10.9 Å². The zero-order chi connectivity index (χ0) is 19.7. The van der Waals surface area contributed by atoms with Gasteiger partial charge in [0.05, 0.1) is 17.1 Å². The lowest BCUT2D eigenvalue weighted by atomic mass is 9.95. The number of anilines is 1. The maximum Gasteiger partial charge on any atom is 0.341 e. The molecule has 150 valence electrons. The molecule has 0 radical (unpaired) electrons. The number of carbonyl (C=O) groups is 1. The number of carbonyl (C=O) groups excluding carboxylic acids is 1. The molecule has 0 saturated heterocycles. The summed E-state index contributed by atoms with van der Waals surface area (Å²) in [6.45, 7) is 2.77. The molecule has 0 spiro atoms. The normalized spacial score (nSPS) is 15.6. The quantitative estimate of drug-likeness (QED) is 0.742. The maximum absolute atomic E-state index is 13.0. The Bertz CT molecular complexity index is 1010. The van der Waals surface area contributed by atoms with Crippen LogP contribution in [0.25, 0.3) is 0 Å². The highest BCUT2D eigenvalue weighted by atomic mass is 32.2. The van der Waals surface area contributed by atoms with Crippen LogP contribution in [0.3, 0.4) is 0 Å². The average Bonchev–Trinajstić information content (AvgIpc) is 3.05. The second-order valence-electron chi connectivity index (χ2n) is 6.55. The summed E-state index contributed by atoms with van der Waals surface area (Å²) in [5, 5.41) is 0.320. The molecule has 2 aliphatic rings. The summed E-state index contributed by atoms with van der Waals surface area (Å²) in [4.78, 5) is 13.6. The molecule has 0 unspecified atom stereocenters. The van der Waals surface area contributed by atoms with Crippen molar-refractivity contribution in [1.82, 2.24) is 0 Å². The van der Waals surface area contributed by atoms with Crippen LogP contribution in [-0.4, -0.2) is 34.2 Å². The van der Waals surface area contributed by atoms with Crippen molar-refractivity contribution in [1.29, 1.82) is 0 Å². The van der Waals surface area contributed by atoms with E-state index in [1.165, 1.54) is 23.5 Å². The van der Waals surface area contributed by atoms with Crippen LogP contribution in [0.1, 0.15) is 40.6 Å². The number of benzene rings is 1. The first-order chi connectivity index (χ1) is 13.5. The van der Waals surface area contributed by atoms with Crippen LogP contribution in [-0.2, 0) is 27.6 Å². The molecule has 1 aliphatic heterocycles. The summed E-state index contributed by atoms with van der Waals surface area (Å²) < 4.78 is 44.7. The number of nitrogens with one attached hydrogen (secondary N) is 1. The van der Waals surface area contributed by atoms with E-state index in [1.807, 2.05) is 0 Å². The molecule has 1 aromatic carbocycles. The molecule has 0 fully saturated rings. The lowest BCUT2D eigenvalue weighted by molar-refractivity contribution is 0.0526. The molecule has 28 heavy (non-hydrogen) atoms. The first kappa shape index (κ1) is 19.1. The summed E-state index contributed by atoms with van der Waals surface area (Å²) in [5.41, 5.74) is 1.26. The van der Waals surface area contributed by atoms with Gasteiger partial charge in [-0.2, -0.15) is 0 Å². The van der Waals surface area contributed by atoms with Crippen LogP contribution in [0, 0.1) is 0 Å². The molecule has 0 saturated carbocycles. The number of sulfonamides is 1. The van der Waals surface area contributed by atoms with Gasteiger partial charge >= 0.3 is 5.97 Å². The zero-order valence-corrected chi connectivity index (χ0v) is 17.1. The maximum atomic E-state index is 13.0. The lowest BCUT2D eigenvalue weighted by Crippen LogP contribution is -2.18. The van der Waals surface area contributed by atoms with E-state index in [1.54, 1.807) is 13.0 Å². The Hall–Kier alpha value is -2.26. The van der Waals surface area contributed by atoms with Crippen LogP contribution in [0.5, 0.6) is 11.5 Å². The smallest absolute Gasteiger partial charge is 0.341 e. The fourth-order valence-corrected chi connectivity index (χ4v) is 6.03. The highest BCUT2D eigenvalue weighted by Gasteiger charge is 2.29. The highest BCUT2D eigenvalue weighted by molar-refractivity contribution is 7.93. The number of aryl methyl sites for hydroxylation is 1. The third-order valence-electron chi connectivity index (χ3n) is 4.70. The van der Waals surface area contributed by atoms with Crippen molar-refractivity contribution < 1.29 is 27.4 Å². The van der Waals surface area contributed by atoms with Crippen molar-refractivity contribution in [2.24, 2.45) is 0 Å². The van der Waals surface area contributed by atoms with E-state index in [2.05, 4.69) is 4.72 Å². The summed E-state index contributed by atoms with van der Waals surface area (Å²) in [7, 11) is -3.90. The molecule has 1 N–H and O–H groups in total. The van der Waals surface area contributed by atoms with E-state index in [9.17, 15) is 13.2 Å². The minimum Gasteiger partial charge on any atom is -0.486 e. The Morgan fingerprint density at radius 3 is 2.71 bits per heavy atom. The molecule has 1 aliphatic carbocycles. The van der Waals surface area contributed by atoms with Gasteiger partial charge in [0.25, 0.3) is 10.0 Å². The molecule has 4 rings (SSSR count). The Balaban J connectivity index is 1.70. The second kappa shape index (κ2) is 7.63. The SMILES string of the molecule is CCOC(=O)c1c(NS(=O)(=O)c2ccc3c(c2)OCCO3)sc2c1CCCC2. The topological polar surface area (TPSA) is 90.9 Å². The standard InChI is InChI=1S/C19H21NO6S2/c1-2-24-19(21)17-13-5-3-4-6-16(13)27-18(17)20-28(22,23)12-7-8-14-15(11-12)26-10-9-25-14/h7-8,11,20H,2-6,9-10H2,1H3. The van der Waals surface area contributed by atoms with Gasteiger partial charge in [0.2, 0.25) is 0 Å². The number of thiophene rings is 1. The monoisotopic (exact) mass is 423 g/mol.